The summed E-state index contributed by atoms with van der Waals surface area (Å²) in [6.07, 6.45) is 0.961. The van der Waals surface area contributed by atoms with Gasteiger partial charge in [-0.3, -0.25) is 0 Å². The molecule has 0 radical (unpaired) electrons. The molecule has 1 N–H and O–H groups in total. The first kappa shape index (κ1) is 9.68. The maximum atomic E-state index is 9.05. The van der Waals surface area contributed by atoms with E-state index < -0.39 is 0 Å². The Morgan fingerprint density at radius 1 is 1.50 bits per heavy atom. The molecule has 0 bridgehead atoms. The number of aliphatic hydroxyl groups is 1. The summed E-state index contributed by atoms with van der Waals surface area (Å²) in [5, 5.41) is 10.1. The van der Waals surface area contributed by atoms with E-state index in [1.807, 2.05) is 6.92 Å². The number of hydrogen-bond acceptors (Lipinski definition) is 3. The van der Waals surface area contributed by atoms with Crippen LogP contribution in [0.25, 0.3) is 0 Å². The van der Waals surface area contributed by atoms with Gasteiger partial charge in [0.2, 0.25) is 0 Å². The zero-order valence-corrected chi connectivity index (χ0v) is 8.61. The van der Waals surface area contributed by atoms with Crippen molar-refractivity contribution in [3.8, 4) is 0 Å². The van der Waals surface area contributed by atoms with Gasteiger partial charge in [-0.2, -0.15) is 0 Å². The third kappa shape index (κ3) is 1.84. The fourth-order valence-electron chi connectivity index (χ4n) is 1.05. The van der Waals surface area contributed by atoms with Gasteiger partial charge in [0.1, 0.15) is 0 Å². The molecule has 0 saturated carbocycles. The summed E-state index contributed by atoms with van der Waals surface area (Å²) >= 11 is 1.70. The Labute approximate surface area is 77.3 Å². The lowest BCUT2D eigenvalue weighted by Gasteiger charge is -2.05. The standard InChI is InChI=1S/C9H15NOS/c1-4-8(5-11)9-10-6(2)7(3)12-9/h8,11H,4-5H2,1-3H3. The maximum absolute atomic E-state index is 9.05. The topological polar surface area (TPSA) is 33.1 Å². The molecule has 1 aromatic rings. The fraction of sp³-hybridized carbons (Fsp3) is 0.667. The summed E-state index contributed by atoms with van der Waals surface area (Å²) in [5.41, 5.74) is 1.10. The fourth-order valence-corrected chi connectivity index (χ4v) is 2.15. The third-order valence-corrected chi connectivity index (χ3v) is 3.34. The van der Waals surface area contributed by atoms with Gasteiger partial charge in [-0.15, -0.1) is 11.3 Å². The van der Waals surface area contributed by atoms with Gasteiger partial charge >= 0.3 is 0 Å². The number of aryl methyl sites for hydroxylation is 2. The van der Waals surface area contributed by atoms with E-state index in [2.05, 4.69) is 18.8 Å². The molecule has 0 spiro atoms. The van der Waals surface area contributed by atoms with Crippen LogP contribution in [0.5, 0.6) is 0 Å². The number of rotatable bonds is 3. The highest BCUT2D eigenvalue weighted by molar-refractivity contribution is 7.11. The van der Waals surface area contributed by atoms with Gasteiger partial charge in [0, 0.05) is 10.8 Å². The number of hydrogen-bond donors (Lipinski definition) is 1. The Bertz CT molecular complexity index is 234. The van der Waals surface area contributed by atoms with E-state index >= 15 is 0 Å². The minimum Gasteiger partial charge on any atom is -0.396 e. The minimum atomic E-state index is 0.211. The molecule has 3 heteroatoms. The van der Waals surface area contributed by atoms with Gasteiger partial charge in [-0.1, -0.05) is 6.92 Å². The Morgan fingerprint density at radius 2 is 2.17 bits per heavy atom. The summed E-state index contributed by atoms with van der Waals surface area (Å²) in [4.78, 5) is 5.67. The monoisotopic (exact) mass is 185 g/mol. The molecule has 1 heterocycles. The smallest absolute Gasteiger partial charge is 0.0984 e. The molecule has 1 aromatic heterocycles. The maximum Gasteiger partial charge on any atom is 0.0984 e. The average Bonchev–Trinajstić information content (AvgIpc) is 2.35. The molecular formula is C9H15NOS. The highest BCUT2D eigenvalue weighted by Crippen LogP contribution is 2.25. The van der Waals surface area contributed by atoms with E-state index in [9.17, 15) is 0 Å². The number of nitrogens with zero attached hydrogens (tertiary/aromatic N) is 1. The molecule has 1 rings (SSSR count). The van der Waals surface area contributed by atoms with Crippen LogP contribution in [0.4, 0.5) is 0 Å². The first-order valence-corrected chi connectivity index (χ1v) is 5.05. The van der Waals surface area contributed by atoms with E-state index in [0.29, 0.717) is 0 Å². The van der Waals surface area contributed by atoms with Crippen LogP contribution in [0, 0.1) is 13.8 Å². The molecule has 68 valence electrons. The Morgan fingerprint density at radius 3 is 2.50 bits per heavy atom. The number of aliphatic hydroxyl groups excluding tert-OH is 1. The zero-order chi connectivity index (χ0) is 9.14. The summed E-state index contributed by atoms with van der Waals surface area (Å²) in [6, 6.07) is 0. The second-order valence-electron chi connectivity index (χ2n) is 2.98. The van der Waals surface area contributed by atoms with Crippen LogP contribution in [0.15, 0.2) is 0 Å². The Balaban J connectivity index is 2.86. The molecule has 0 aliphatic heterocycles. The Hall–Kier alpha value is -0.410. The van der Waals surface area contributed by atoms with Gasteiger partial charge in [-0.05, 0) is 20.3 Å². The van der Waals surface area contributed by atoms with Crippen LogP contribution >= 0.6 is 11.3 Å². The van der Waals surface area contributed by atoms with Gasteiger partial charge in [0.05, 0.1) is 17.3 Å². The molecule has 2 nitrogen and oxygen atoms in total. The second-order valence-corrected chi connectivity index (χ2v) is 4.22. The summed E-state index contributed by atoms with van der Waals surface area (Å²) in [6.45, 7) is 6.37. The van der Waals surface area contributed by atoms with Crippen LogP contribution in [0.1, 0.15) is 34.8 Å². The van der Waals surface area contributed by atoms with Crippen molar-refractivity contribution < 1.29 is 5.11 Å². The molecule has 0 aliphatic carbocycles. The van der Waals surface area contributed by atoms with Crippen LogP contribution in [-0.2, 0) is 0 Å². The lowest BCUT2D eigenvalue weighted by Crippen LogP contribution is -2.01. The first-order valence-electron chi connectivity index (χ1n) is 4.23. The lowest BCUT2D eigenvalue weighted by molar-refractivity contribution is 0.262. The molecule has 0 saturated heterocycles. The molecule has 12 heavy (non-hydrogen) atoms. The van der Waals surface area contributed by atoms with E-state index in [0.717, 1.165) is 17.1 Å². The van der Waals surface area contributed by atoms with E-state index in [-0.39, 0.29) is 12.5 Å². The van der Waals surface area contributed by atoms with Crippen LogP contribution in [-0.4, -0.2) is 16.7 Å². The van der Waals surface area contributed by atoms with Gasteiger partial charge in [-0.25, -0.2) is 4.98 Å². The van der Waals surface area contributed by atoms with Crippen LogP contribution in [0.3, 0.4) is 0 Å². The molecule has 1 atom stereocenters. The summed E-state index contributed by atoms with van der Waals surface area (Å²) in [7, 11) is 0. The number of thiazole rings is 1. The van der Waals surface area contributed by atoms with Crippen molar-refractivity contribution in [3.63, 3.8) is 0 Å². The van der Waals surface area contributed by atoms with Crippen molar-refractivity contribution in [3.05, 3.63) is 15.6 Å². The average molecular weight is 185 g/mol. The second kappa shape index (κ2) is 4.01. The van der Waals surface area contributed by atoms with Gasteiger partial charge in [0.15, 0.2) is 0 Å². The van der Waals surface area contributed by atoms with E-state index in [1.165, 1.54) is 4.88 Å². The van der Waals surface area contributed by atoms with Crippen LogP contribution in [0.2, 0.25) is 0 Å². The molecule has 0 fully saturated rings. The lowest BCUT2D eigenvalue weighted by atomic mass is 10.1. The SMILES string of the molecule is CCC(CO)c1nc(C)c(C)s1. The van der Waals surface area contributed by atoms with Crippen molar-refractivity contribution >= 4 is 11.3 Å². The Kier molecular flexibility index (Phi) is 3.23. The summed E-state index contributed by atoms with van der Waals surface area (Å²) < 4.78 is 0. The molecule has 0 aliphatic rings. The van der Waals surface area contributed by atoms with Crippen molar-refractivity contribution in [2.75, 3.05) is 6.61 Å². The normalized spacial score (nSPS) is 13.3. The van der Waals surface area contributed by atoms with E-state index in [1.54, 1.807) is 11.3 Å². The quantitative estimate of drug-likeness (QED) is 0.783. The predicted octanol–water partition coefficient (Wildman–Crippen LogP) is 2.25. The third-order valence-electron chi connectivity index (χ3n) is 2.11. The van der Waals surface area contributed by atoms with Crippen molar-refractivity contribution in [2.45, 2.75) is 33.1 Å². The van der Waals surface area contributed by atoms with Crippen molar-refractivity contribution in [1.29, 1.82) is 0 Å². The highest BCUT2D eigenvalue weighted by atomic mass is 32.1. The largest absolute Gasteiger partial charge is 0.396 e. The van der Waals surface area contributed by atoms with Crippen molar-refractivity contribution in [1.82, 2.24) is 4.98 Å². The molecule has 0 amide bonds. The minimum absolute atomic E-state index is 0.211. The summed E-state index contributed by atoms with van der Waals surface area (Å²) in [5.74, 6) is 0.238. The van der Waals surface area contributed by atoms with Crippen LogP contribution < -0.4 is 0 Å². The molecule has 1 unspecified atom stereocenters. The van der Waals surface area contributed by atoms with Crippen molar-refractivity contribution in [2.24, 2.45) is 0 Å². The van der Waals surface area contributed by atoms with Gasteiger partial charge in [0.25, 0.3) is 0 Å². The van der Waals surface area contributed by atoms with Gasteiger partial charge < -0.3 is 5.11 Å². The predicted molar refractivity (Wildman–Crippen MR) is 51.7 cm³/mol. The number of aromatic nitrogens is 1. The first-order chi connectivity index (χ1) is 5.69. The highest BCUT2D eigenvalue weighted by Gasteiger charge is 2.13. The molecular weight excluding hydrogens is 170 g/mol. The molecule has 0 aromatic carbocycles. The zero-order valence-electron chi connectivity index (χ0n) is 7.79. The van der Waals surface area contributed by atoms with E-state index in [4.69, 9.17) is 5.11 Å².